The number of nitrogens with zero attached hydrogens (tertiary/aromatic N) is 4. The van der Waals surface area contributed by atoms with Crippen LogP contribution in [0.25, 0.3) is 22.9 Å². The Bertz CT molecular complexity index is 1220. The second-order valence-electron chi connectivity index (χ2n) is 5.72. The van der Waals surface area contributed by atoms with Crippen molar-refractivity contribution >= 4 is 11.1 Å². The predicted octanol–water partition coefficient (Wildman–Crippen LogP) is 2.06. The average Bonchev–Trinajstić information content (AvgIpc) is 3.33. The third kappa shape index (κ3) is 3.40. The summed E-state index contributed by atoms with van der Waals surface area (Å²) in [5.41, 5.74) is 0.920. The summed E-state index contributed by atoms with van der Waals surface area (Å²) < 4.78 is 40.6. The summed E-state index contributed by atoms with van der Waals surface area (Å²) in [5, 5.41) is 8.26. The summed E-state index contributed by atoms with van der Waals surface area (Å²) >= 11 is -2.45. The number of nitrogens with one attached hydrogen (secondary N) is 1. The molecule has 28 heavy (non-hydrogen) atoms. The zero-order chi connectivity index (χ0) is 19.7. The Kier molecular flexibility index (Phi) is 4.67. The standard InChI is InChI=1S/C17H12FN5O4S/c18-11-4-2-1-3-10(11)9-23-14(12-5-6-27-22-12)7-13(21-23)16-19-8-15(28(25)26)17(24)20-16/h1-8H,9H2,(H,25,26)(H,19,20,24). The Morgan fingerprint density at radius 1 is 1.25 bits per heavy atom. The third-order valence-electron chi connectivity index (χ3n) is 3.96. The summed E-state index contributed by atoms with van der Waals surface area (Å²) in [6.45, 7) is 0.109. The lowest BCUT2D eigenvalue weighted by atomic mass is 10.2. The van der Waals surface area contributed by atoms with Crippen LogP contribution in [0.4, 0.5) is 4.39 Å². The minimum Gasteiger partial charge on any atom is -0.364 e. The maximum absolute atomic E-state index is 14.1. The molecule has 3 heterocycles. The monoisotopic (exact) mass is 401 g/mol. The molecular weight excluding hydrogens is 389 g/mol. The Morgan fingerprint density at radius 3 is 2.75 bits per heavy atom. The second-order valence-corrected chi connectivity index (χ2v) is 6.66. The molecule has 2 N–H and O–H groups in total. The van der Waals surface area contributed by atoms with Crippen molar-refractivity contribution in [1.29, 1.82) is 0 Å². The van der Waals surface area contributed by atoms with Crippen molar-refractivity contribution in [3.8, 4) is 22.9 Å². The molecule has 1 aromatic carbocycles. The molecule has 1 unspecified atom stereocenters. The van der Waals surface area contributed by atoms with Gasteiger partial charge in [-0.1, -0.05) is 23.4 Å². The number of hydrogen-bond donors (Lipinski definition) is 2. The second kappa shape index (κ2) is 7.29. The van der Waals surface area contributed by atoms with E-state index in [2.05, 4.69) is 20.2 Å². The van der Waals surface area contributed by atoms with Crippen LogP contribution in [0.3, 0.4) is 0 Å². The summed E-state index contributed by atoms with van der Waals surface area (Å²) in [6, 6.07) is 9.51. The quantitative estimate of drug-likeness (QED) is 0.490. The molecule has 0 spiro atoms. The van der Waals surface area contributed by atoms with Crippen LogP contribution in [0, 0.1) is 5.82 Å². The molecule has 9 nitrogen and oxygen atoms in total. The van der Waals surface area contributed by atoms with Crippen molar-refractivity contribution in [2.45, 2.75) is 11.4 Å². The number of rotatable bonds is 5. The van der Waals surface area contributed by atoms with Crippen LogP contribution >= 0.6 is 0 Å². The number of hydrogen-bond acceptors (Lipinski definition) is 6. The maximum Gasteiger partial charge on any atom is 0.269 e. The van der Waals surface area contributed by atoms with Gasteiger partial charge in [0, 0.05) is 11.6 Å². The molecule has 4 rings (SSSR count). The zero-order valence-electron chi connectivity index (χ0n) is 14.1. The normalized spacial score (nSPS) is 12.2. The highest BCUT2D eigenvalue weighted by Crippen LogP contribution is 2.24. The van der Waals surface area contributed by atoms with Crippen molar-refractivity contribution in [2.75, 3.05) is 0 Å². The highest BCUT2D eigenvalue weighted by atomic mass is 32.2. The predicted molar refractivity (Wildman–Crippen MR) is 96.1 cm³/mol. The molecule has 11 heteroatoms. The first kappa shape index (κ1) is 17.9. The fraction of sp³-hybridized carbons (Fsp3) is 0.0588. The average molecular weight is 401 g/mol. The summed E-state index contributed by atoms with van der Waals surface area (Å²) in [7, 11) is 0. The molecule has 3 aromatic heterocycles. The smallest absolute Gasteiger partial charge is 0.269 e. The molecule has 142 valence electrons. The van der Waals surface area contributed by atoms with Crippen LogP contribution in [-0.4, -0.2) is 33.7 Å². The molecule has 0 saturated heterocycles. The highest BCUT2D eigenvalue weighted by Gasteiger charge is 2.17. The van der Waals surface area contributed by atoms with Crippen LogP contribution in [-0.2, 0) is 17.6 Å². The first-order valence-corrected chi connectivity index (χ1v) is 9.06. The van der Waals surface area contributed by atoms with Crippen LogP contribution in [0.15, 0.2) is 63.1 Å². The van der Waals surface area contributed by atoms with Gasteiger partial charge in [-0.2, -0.15) is 5.10 Å². The van der Waals surface area contributed by atoms with E-state index in [4.69, 9.17) is 9.08 Å². The molecule has 0 bridgehead atoms. The number of aromatic nitrogens is 5. The molecule has 0 radical (unpaired) electrons. The van der Waals surface area contributed by atoms with Gasteiger partial charge in [-0.25, -0.2) is 13.6 Å². The lowest BCUT2D eigenvalue weighted by molar-refractivity contribution is 0.421. The van der Waals surface area contributed by atoms with Gasteiger partial charge in [0.1, 0.15) is 28.4 Å². The maximum atomic E-state index is 14.1. The van der Waals surface area contributed by atoms with Crippen LogP contribution in [0.5, 0.6) is 0 Å². The number of benzene rings is 1. The molecule has 0 aliphatic rings. The fourth-order valence-electron chi connectivity index (χ4n) is 2.63. The molecule has 0 amide bonds. The van der Waals surface area contributed by atoms with Gasteiger partial charge < -0.3 is 14.1 Å². The largest absolute Gasteiger partial charge is 0.364 e. The molecule has 0 aliphatic heterocycles. The Morgan fingerprint density at radius 2 is 2.07 bits per heavy atom. The lowest BCUT2D eigenvalue weighted by Gasteiger charge is -2.06. The van der Waals surface area contributed by atoms with E-state index >= 15 is 0 Å². The number of H-pyrrole nitrogens is 1. The van der Waals surface area contributed by atoms with Gasteiger partial charge >= 0.3 is 0 Å². The lowest BCUT2D eigenvalue weighted by Crippen LogP contribution is -2.15. The van der Waals surface area contributed by atoms with E-state index in [1.807, 2.05) is 0 Å². The molecule has 4 aromatic rings. The molecule has 0 saturated carbocycles. The summed E-state index contributed by atoms with van der Waals surface area (Å²) in [5.74, 6) is -0.289. The number of aromatic amines is 1. The topological polar surface area (TPSA) is 127 Å². The first-order valence-electron chi connectivity index (χ1n) is 7.95. The third-order valence-corrected chi connectivity index (χ3v) is 4.62. The van der Waals surface area contributed by atoms with Gasteiger partial charge in [0.05, 0.1) is 18.4 Å². The van der Waals surface area contributed by atoms with Crippen LogP contribution in [0.2, 0.25) is 0 Å². The van der Waals surface area contributed by atoms with Crippen molar-refractivity contribution in [2.24, 2.45) is 0 Å². The van der Waals surface area contributed by atoms with Crippen molar-refractivity contribution in [1.82, 2.24) is 24.9 Å². The van der Waals surface area contributed by atoms with Gasteiger partial charge in [-0.15, -0.1) is 0 Å². The fourth-order valence-corrected chi connectivity index (χ4v) is 2.98. The molecule has 1 atom stereocenters. The minimum atomic E-state index is -2.45. The Hall–Kier alpha value is -3.44. The summed E-state index contributed by atoms with van der Waals surface area (Å²) in [4.78, 5) is 18.0. The Labute approximate surface area is 159 Å². The van der Waals surface area contributed by atoms with Crippen molar-refractivity contribution in [3.63, 3.8) is 0 Å². The van der Waals surface area contributed by atoms with Crippen molar-refractivity contribution < 1.29 is 17.7 Å². The van der Waals surface area contributed by atoms with Crippen molar-refractivity contribution in [3.05, 3.63) is 70.6 Å². The van der Waals surface area contributed by atoms with E-state index < -0.39 is 16.6 Å². The van der Waals surface area contributed by atoms with E-state index in [0.29, 0.717) is 17.0 Å². The van der Waals surface area contributed by atoms with Gasteiger partial charge in [-0.3, -0.25) is 9.48 Å². The zero-order valence-corrected chi connectivity index (χ0v) is 14.9. The van der Waals surface area contributed by atoms with Gasteiger partial charge in [0.2, 0.25) is 0 Å². The van der Waals surface area contributed by atoms with Gasteiger partial charge in [0.15, 0.2) is 16.9 Å². The van der Waals surface area contributed by atoms with Gasteiger partial charge in [0.25, 0.3) is 5.56 Å². The Balaban J connectivity index is 1.80. The van der Waals surface area contributed by atoms with E-state index in [0.717, 1.165) is 6.20 Å². The van der Waals surface area contributed by atoms with Gasteiger partial charge in [-0.05, 0) is 12.1 Å². The van der Waals surface area contributed by atoms with E-state index in [9.17, 15) is 13.4 Å². The van der Waals surface area contributed by atoms with E-state index in [1.165, 1.54) is 17.0 Å². The highest BCUT2D eigenvalue weighted by molar-refractivity contribution is 7.79. The summed E-state index contributed by atoms with van der Waals surface area (Å²) in [6.07, 6.45) is 2.40. The molecule has 0 aliphatic carbocycles. The van der Waals surface area contributed by atoms with Crippen LogP contribution in [0.1, 0.15) is 5.56 Å². The van der Waals surface area contributed by atoms with E-state index in [-0.39, 0.29) is 28.8 Å². The number of halogens is 1. The minimum absolute atomic E-state index is 0.0937. The van der Waals surface area contributed by atoms with Crippen LogP contribution < -0.4 is 5.56 Å². The molecule has 0 fully saturated rings. The SMILES string of the molecule is O=c1[nH]c(-c2cc(-c3ccon3)n(Cc3ccccc3F)n2)ncc1S(=O)O. The van der Waals surface area contributed by atoms with E-state index in [1.54, 1.807) is 30.3 Å². The molecular formula is C17H12FN5O4S. The first-order chi connectivity index (χ1) is 13.5.